The molecule has 1 N–H and O–H groups in total. The van der Waals surface area contributed by atoms with Gasteiger partial charge < -0.3 is 10.2 Å². The third kappa shape index (κ3) is 7.49. The second-order valence-electron chi connectivity index (χ2n) is 7.48. The molecule has 0 aliphatic rings. The van der Waals surface area contributed by atoms with Crippen LogP contribution in [0.5, 0.6) is 0 Å². The number of nitrogens with zero attached hydrogens (tertiary/aromatic N) is 1. The SMILES string of the molecule is CCCCNC(=O)[C@@H](CC)N(CCc1ccccc1)C(=O)CCc1ccccc1Cl. The fourth-order valence-corrected chi connectivity index (χ4v) is 3.72. The molecule has 2 rings (SSSR count). The summed E-state index contributed by atoms with van der Waals surface area (Å²) in [6.45, 7) is 5.21. The normalized spacial score (nSPS) is 11.7. The molecule has 0 bridgehead atoms. The lowest BCUT2D eigenvalue weighted by Crippen LogP contribution is -2.50. The van der Waals surface area contributed by atoms with E-state index >= 15 is 0 Å². The number of nitrogens with one attached hydrogen (secondary N) is 1. The lowest BCUT2D eigenvalue weighted by molar-refractivity contribution is -0.140. The molecule has 0 aliphatic heterocycles. The molecule has 2 aromatic carbocycles. The Labute approximate surface area is 185 Å². The third-order valence-electron chi connectivity index (χ3n) is 5.27. The average molecular weight is 429 g/mol. The van der Waals surface area contributed by atoms with Crippen LogP contribution in [0.4, 0.5) is 0 Å². The number of carbonyl (C=O) groups excluding carboxylic acids is 2. The molecule has 0 saturated carbocycles. The standard InChI is InChI=1S/C25H33ClN2O2/c1-3-5-18-27-25(30)23(4-2)28(19-17-20-11-7-6-8-12-20)24(29)16-15-21-13-9-10-14-22(21)26/h6-14,23H,3-5,15-19H2,1-2H3,(H,27,30)/t23-/m1/s1. The van der Waals surface area contributed by atoms with Crippen LogP contribution in [0, 0.1) is 0 Å². The van der Waals surface area contributed by atoms with Crippen molar-refractivity contribution < 1.29 is 9.59 Å². The minimum absolute atomic E-state index is 0.0108. The van der Waals surface area contributed by atoms with Gasteiger partial charge in [0.25, 0.3) is 0 Å². The quantitative estimate of drug-likeness (QED) is 0.481. The molecule has 0 aromatic heterocycles. The second kappa shape index (κ2) is 13.1. The lowest BCUT2D eigenvalue weighted by atomic mass is 10.1. The molecule has 0 spiro atoms. The highest BCUT2D eigenvalue weighted by atomic mass is 35.5. The van der Waals surface area contributed by atoms with Gasteiger partial charge >= 0.3 is 0 Å². The molecule has 30 heavy (non-hydrogen) atoms. The van der Waals surface area contributed by atoms with Gasteiger partial charge in [-0.1, -0.05) is 80.4 Å². The van der Waals surface area contributed by atoms with Gasteiger partial charge in [-0.25, -0.2) is 0 Å². The summed E-state index contributed by atoms with van der Waals surface area (Å²) in [4.78, 5) is 27.8. The van der Waals surface area contributed by atoms with Crippen LogP contribution >= 0.6 is 11.6 Å². The Hall–Kier alpha value is -2.33. The van der Waals surface area contributed by atoms with Crippen molar-refractivity contribution in [2.24, 2.45) is 0 Å². The average Bonchev–Trinajstić information content (AvgIpc) is 2.76. The molecule has 4 nitrogen and oxygen atoms in total. The maximum atomic E-state index is 13.2. The van der Waals surface area contributed by atoms with E-state index in [1.807, 2.05) is 49.4 Å². The van der Waals surface area contributed by atoms with E-state index in [-0.39, 0.29) is 11.8 Å². The second-order valence-corrected chi connectivity index (χ2v) is 7.89. The van der Waals surface area contributed by atoms with Gasteiger partial charge in [-0.3, -0.25) is 9.59 Å². The zero-order valence-corrected chi connectivity index (χ0v) is 18.8. The summed E-state index contributed by atoms with van der Waals surface area (Å²) in [5.41, 5.74) is 2.11. The van der Waals surface area contributed by atoms with E-state index in [2.05, 4.69) is 24.4 Å². The van der Waals surface area contributed by atoms with Gasteiger partial charge in [-0.2, -0.15) is 0 Å². The summed E-state index contributed by atoms with van der Waals surface area (Å²) in [6.07, 6.45) is 4.16. The van der Waals surface area contributed by atoms with E-state index < -0.39 is 6.04 Å². The van der Waals surface area contributed by atoms with E-state index in [1.54, 1.807) is 4.90 Å². The molecular weight excluding hydrogens is 396 g/mol. The maximum absolute atomic E-state index is 13.2. The molecule has 0 unspecified atom stereocenters. The number of benzene rings is 2. The van der Waals surface area contributed by atoms with Gasteiger partial charge in [0, 0.05) is 24.5 Å². The Balaban J connectivity index is 2.10. The summed E-state index contributed by atoms with van der Waals surface area (Å²) in [6, 6.07) is 17.2. The van der Waals surface area contributed by atoms with Crippen molar-refractivity contribution in [1.29, 1.82) is 0 Å². The first-order valence-electron chi connectivity index (χ1n) is 10.9. The number of halogens is 1. The highest BCUT2D eigenvalue weighted by Gasteiger charge is 2.27. The lowest BCUT2D eigenvalue weighted by Gasteiger charge is -2.31. The topological polar surface area (TPSA) is 49.4 Å². The first-order valence-corrected chi connectivity index (χ1v) is 11.3. The first-order chi connectivity index (χ1) is 14.6. The van der Waals surface area contributed by atoms with Crippen LogP contribution in [-0.2, 0) is 22.4 Å². The minimum Gasteiger partial charge on any atom is -0.354 e. The van der Waals surface area contributed by atoms with Crippen molar-refractivity contribution in [2.45, 2.75) is 58.4 Å². The van der Waals surface area contributed by atoms with Gasteiger partial charge in [0.05, 0.1) is 0 Å². The number of unbranched alkanes of at least 4 members (excludes halogenated alkanes) is 1. The third-order valence-corrected chi connectivity index (χ3v) is 5.63. The Bertz CT molecular complexity index is 795. The number of aryl methyl sites for hydroxylation is 1. The zero-order valence-electron chi connectivity index (χ0n) is 18.1. The Morgan fingerprint density at radius 3 is 2.37 bits per heavy atom. The van der Waals surface area contributed by atoms with E-state index in [0.29, 0.717) is 37.4 Å². The van der Waals surface area contributed by atoms with Crippen molar-refractivity contribution in [3.05, 3.63) is 70.7 Å². The largest absolute Gasteiger partial charge is 0.354 e. The number of amides is 2. The number of carbonyl (C=O) groups is 2. The molecule has 0 aliphatic carbocycles. The minimum atomic E-state index is -0.454. The molecule has 2 aromatic rings. The molecule has 2 amide bonds. The van der Waals surface area contributed by atoms with Crippen molar-refractivity contribution in [2.75, 3.05) is 13.1 Å². The van der Waals surface area contributed by atoms with E-state index in [1.165, 1.54) is 0 Å². The molecule has 0 radical (unpaired) electrons. The summed E-state index contributed by atoms with van der Waals surface area (Å²) in [5.74, 6) is -0.0755. The molecule has 1 atom stereocenters. The highest BCUT2D eigenvalue weighted by molar-refractivity contribution is 6.31. The van der Waals surface area contributed by atoms with Gasteiger partial charge in [0.15, 0.2) is 0 Å². The number of hydrogen-bond donors (Lipinski definition) is 1. The van der Waals surface area contributed by atoms with Gasteiger partial charge in [0.1, 0.15) is 6.04 Å². The van der Waals surface area contributed by atoms with Crippen LogP contribution in [0.3, 0.4) is 0 Å². The maximum Gasteiger partial charge on any atom is 0.242 e. The van der Waals surface area contributed by atoms with Gasteiger partial charge in [0.2, 0.25) is 11.8 Å². The molecular formula is C25H33ClN2O2. The van der Waals surface area contributed by atoms with Gasteiger partial charge in [-0.15, -0.1) is 0 Å². The molecule has 5 heteroatoms. The number of rotatable bonds is 12. The summed E-state index contributed by atoms with van der Waals surface area (Å²) >= 11 is 6.25. The molecule has 0 heterocycles. The van der Waals surface area contributed by atoms with Crippen LogP contribution in [0.25, 0.3) is 0 Å². The fraction of sp³-hybridized carbons (Fsp3) is 0.440. The van der Waals surface area contributed by atoms with Crippen LogP contribution in [0.15, 0.2) is 54.6 Å². The molecule has 162 valence electrons. The Morgan fingerprint density at radius 1 is 1.00 bits per heavy atom. The fourth-order valence-electron chi connectivity index (χ4n) is 3.49. The monoisotopic (exact) mass is 428 g/mol. The van der Waals surface area contributed by atoms with Crippen LogP contribution < -0.4 is 5.32 Å². The van der Waals surface area contributed by atoms with Crippen molar-refractivity contribution in [1.82, 2.24) is 10.2 Å². The van der Waals surface area contributed by atoms with Crippen molar-refractivity contribution in [3.63, 3.8) is 0 Å². The van der Waals surface area contributed by atoms with Crippen molar-refractivity contribution >= 4 is 23.4 Å². The Morgan fingerprint density at radius 2 is 1.70 bits per heavy atom. The van der Waals surface area contributed by atoms with Crippen LogP contribution in [-0.4, -0.2) is 35.8 Å². The smallest absolute Gasteiger partial charge is 0.242 e. The summed E-state index contributed by atoms with van der Waals surface area (Å²) < 4.78 is 0. The van der Waals surface area contributed by atoms with E-state index in [9.17, 15) is 9.59 Å². The molecule has 0 saturated heterocycles. The van der Waals surface area contributed by atoms with Gasteiger partial charge in [-0.05, 0) is 42.9 Å². The van der Waals surface area contributed by atoms with Crippen LogP contribution in [0.2, 0.25) is 5.02 Å². The van der Waals surface area contributed by atoms with Crippen molar-refractivity contribution in [3.8, 4) is 0 Å². The van der Waals surface area contributed by atoms with Crippen LogP contribution in [0.1, 0.15) is 50.7 Å². The Kier molecular flexibility index (Phi) is 10.4. The van der Waals surface area contributed by atoms with E-state index in [4.69, 9.17) is 11.6 Å². The molecule has 0 fully saturated rings. The predicted octanol–water partition coefficient (Wildman–Crippen LogP) is 5.04. The summed E-state index contributed by atoms with van der Waals surface area (Å²) in [5, 5.41) is 3.67. The van der Waals surface area contributed by atoms with E-state index in [0.717, 1.165) is 30.4 Å². The highest BCUT2D eigenvalue weighted by Crippen LogP contribution is 2.18. The zero-order chi connectivity index (χ0) is 21.8. The first kappa shape index (κ1) is 23.9. The predicted molar refractivity (Wildman–Crippen MR) is 124 cm³/mol. The summed E-state index contributed by atoms with van der Waals surface area (Å²) in [7, 11) is 0. The number of hydrogen-bond acceptors (Lipinski definition) is 2.